The highest BCUT2D eigenvalue weighted by atomic mass is 35.5. The molecule has 0 spiro atoms. The molecule has 21 heavy (non-hydrogen) atoms. The molecule has 114 valence electrons. The van der Waals surface area contributed by atoms with E-state index in [1.165, 1.54) is 0 Å². The highest BCUT2D eigenvalue weighted by Crippen LogP contribution is 2.42. The van der Waals surface area contributed by atoms with Crippen LogP contribution in [-0.4, -0.2) is 52.8 Å². The number of rotatable bonds is 2. The molecule has 0 unspecified atom stereocenters. The van der Waals surface area contributed by atoms with E-state index in [-0.39, 0.29) is 18.4 Å². The van der Waals surface area contributed by atoms with E-state index in [1.54, 1.807) is 28.8 Å². The minimum absolute atomic E-state index is 0.150. The summed E-state index contributed by atoms with van der Waals surface area (Å²) < 4.78 is 7.06. The number of aromatic nitrogens is 1. The minimum atomic E-state index is -0.872. The quantitative estimate of drug-likeness (QED) is 0.892. The van der Waals surface area contributed by atoms with Crippen molar-refractivity contribution in [1.29, 1.82) is 0 Å². The van der Waals surface area contributed by atoms with E-state index >= 15 is 0 Å². The van der Waals surface area contributed by atoms with Crippen LogP contribution in [0.1, 0.15) is 16.9 Å². The first-order valence-corrected chi connectivity index (χ1v) is 7.24. The smallest absolute Gasteiger partial charge is 0.311 e. The normalized spacial score (nSPS) is 28.5. The van der Waals surface area contributed by atoms with Crippen LogP contribution in [0, 0.1) is 11.3 Å². The zero-order chi connectivity index (χ0) is 15.2. The Hall–Kier alpha value is -1.53. The summed E-state index contributed by atoms with van der Waals surface area (Å²) in [5, 5.41) is 10.1. The van der Waals surface area contributed by atoms with Crippen LogP contribution < -0.4 is 0 Å². The predicted molar refractivity (Wildman–Crippen MR) is 75.3 cm³/mol. The van der Waals surface area contributed by atoms with Crippen LogP contribution in [0.5, 0.6) is 0 Å². The first-order chi connectivity index (χ1) is 9.94. The molecule has 2 saturated heterocycles. The standard InChI is InChI=1S/C14H17ClN2O4/c1-16-6-10(15)4-11(16)12(18)17-5-9-7-21-3-2-14(9,8-17)13(19)20/h4,6,9H,2-3,5,7-8H2,1H3,(H,19,20)/t9-,14+/m0/s1. The fourth-order valence-corrected chi connectivity index (χ4v) is 3.60. The summed E-state index contributed by atoms with van der Waals surface area (Å²) in [6.07, 6.45) is 2.11. The van der Waals surface area contributed by atoms with E-state index in [9.17, 15) is 14.7 Å². The number of amides is 1. The van der Waals surface area contributed by atoms with Gasteiger partial charge in [0.05, 0.1) is 17.0 Å². The molecule has 0 aromatic carbocycles. The topological polar surface area (TPSA) is 71.8 Å². The molecular weight excluding hydrogens is 296 g/mol. The maximum Gasteiger partial charge on any atom is 0.311 e. The van der Waals surface area contributed by atoms with Crippen molar-refractivity contribution in [3.63, 3.8) is 0 Å². The average Bonchev–Trinajstić information content (AvgIpc) is 2.99. The van der Waals surface area contributed by atoms with Crippen molar-refractivity contribution in [3.8, 4) is 0 Å². The number of aryl methyl sites for hydroxylation is 1. The molecule has 0 bridgehead atoms. The Balaban J connectivity index is 1.87. The lowest BCUT2D eigenvalue weighted by Gasteiger charge is -2.33. The second-order valence-corrected chi connectivity index (χ2v) is 6.26. The minimum Gasteiger partial charge on any atom is -0.481 e. The van der Waals surface area contributed by atoms with Crippen molar-refractivity contribution in [2.24, 2.45) is 18.4 Å². The molecule has 6 nitrogen and oxygen atoms in total. The summed E-state index contributed by atoms with van der Waals surface area (Å²) in [5.41, 5.74) is -0.400. The number of hydrogen-bond acceptors (Lipinski definition) is 3. The molecule has 1 aromatic rings. The summed E-state index contributed by atoms with van der Waals surface area (Å²) in [6, 6.07) is 1.61. The Bertz CT molecular complexity index is 600. The molecule has 0 aliphatic carbocycles. The van der Waals surface area contributed by atoms with Gasteiger partial charge in [0.25, 0.3) is 5.91 Å². The van der Waals surface area contributed by atoms with Crippen LogP contribution in [0.4, 0.5) is 0 Å². The molecule has 1 amide bonds. The lowest BCUT2D eigenvalue weighted by molar-refractivity contribution is -0.157. The first-order valence-electron chi connectivity index (χ1n) is 6.86. The van der Waals surface area contributed by atoms with Gasteiger partial charge in [-0.25, -0.2) is 0 Å². The first kappa shape index (κ1) is 14.4. The van der Waals surface area contributed by atoms with Gasteiger partial charge in [-0.1, -0.05) is 11.6 Å². The molecule has 1 aromatic heterocycles. The Morgan fingerprint density at radius 3 is 2.86 bits per heavy atom. The van der Waals surface area contributed by atoms with Gasteiger partial charge >= 0.3 is 5.97 Å². The maximum atomic E-state index is 12.6. The van der Waals surface area contributed by atoms with Gasteiger partial charge in [0.15, 0.2) is 0 Å². The molecule has 2 aliphatic rings. The van der Waals surface area contributed by atoms with Gasteiger partial charge in [-0.2, -0.15) is 0 Å². The second kappa shape index (κ2) is 5.03. The number of ether oxygens (including phenoxy) is 1. The van der Waals surface area contributed by atoms with Crippen molar-refractivity contribution >= 4 is 23.5 Å². The third-order valence-electron chi connectivity index (χ3n) is 4.61. The molecule has 0 radical (unpaired) electrons. The van der Waals surface area contributed by atoms with Gasteiger partial charge in [-0.05, 0) is 12.5 Å². The van der Waals surface area contributed by atoms with E-state index < -0.39 is 11.4 Å². The van der Waals surface area contributed by atoms with Gasteiger partial charge in [-0.3, -0.25) is 9.59 Å². The third-order valence-corrected chi connectivity index (χ3v) is 4.82. The zero-order valence-corrected chi connectivity index (χ0v) is 12.5. The van der Waals surface area contributed by atoms with Crippen molar-refractivity contribution in [2.45, 2.75) is 6.42 Å². The number of carbonyl (C=O) groups is 2. The monoisotopic (exact) mass is 312 g/mol. The molecule has 3 rings (SSSR count). The number of carboxylic acids is 1. The summed E-state index contributed by atoms with van der Waals surface area (Å²) >= 11 is 5.91. The van der Waals surface area contributed by atoms with Gasteiger partial charge in [-0.15, -0.1) is 0 Å². The van der Waals surface area contributed by atoms with Crippen LogP contribution in [0.25, 0.3) is 0 Å². The van der Waals surface area contributed by atoms with Gasteiger partial charge in [0.2, 0.25) is 0 Å². The summed E-state index contributed by atoms with van der Waals surface area (Å²) in [7, 11) is 1.75. The van der Waals surface area contributed by atoms with Gasteiger partial charge in [0, 0.05) is 38.9 Å². The SMILES string of the molecule is Cn1cc(Cl)cc1C(=O)N1C[C@H]2COCC[C@@]2(C(=O)O)C1. The summed E-state index contributed by atoms with van der Waals surface area (Å²) in [6.45, 7) is 1.47. The van der Waals surface area contributed by atoms with Crippen LogP contribution >= 0.6 is 11.6 Å². The van der Waals surface area contributed by atoms with Crippen LogP contribution in [0.15, 0.2) is 12.3 Å². The van der Waals surface area contributed by atoms with Gasteiger partial charge in [0.1, 0.15) is 5.69 Å². The molecule has 0 saturated carbocycles. The van der Waals surface area contributed by atoms with E-state index in [0.29, 0.717) is 36.9 Å². The van der Waals surface area contributed by atoms with Gasteiger partial charge < -0.3 is 19.3 Å². The average molecular weight is 313 g/mol. The highest BCUT2D eigenvalue weighted by molar-refractivity contribution is 6.31. The highest BCUT2D eigenvalue weighted by Gasteiger charge is 2.55. The molecule has 2 aliphatic heterocycles. The zero-order valence-electron chi connectivity index (χ0n) is 11.7. The van der Waals surface area contributed by atoms with Crippen molar-refractivity contribution in [2.75, 3.05) is 26.3 Å². The number of carboxylic acid groups (broad SMARTS) is 1. The van der Waals surface area contributed by atoms with E-state index in [0.717, 1.165) is 0 Å². The molecule has 3 heterocycles. The molecule has 7 heteroatoms. The Morgan fingerprint density at radius 1 is 1.52 bits per heavy atom. The van der Waals surface area contributed by atoms with Crippen LogP contribution in [0.2, 0.25) is 5.02 Å². The molecule has 1 N–H and O–H groups in total. The third kappa shape index (κ3) is 2.22. The number of hydrogen-bond donors (Lipinski definition) is 1. The Morgan fingerprint density at radius 2 is 2.29 bits per heavy atom. The van der Waals surface area contributed by atoms with E-state index in [2.05, 4.69) is 0 Å². The fraction of sp³-hybridized carbons (Fsp3) is 0.571. The molecular formula is C14H17ClN2O4. The van der Waals surface area contributed by atoms with E-state index in [1.807, 2.05) is 0 Å². The number of nitrogens with zero attached hydrogens (tertiary/aromatic N) is 2. The fourth-order valence-electron chi connectivity index (χ4n) is 3.35. The Kier molecular flexibility index (Phi) is 3.45. The Labute approximate surface area is 127 Å². The van der Waals surface area contributed by atoms with Crippen LogP contribution in [-0.2, 0) is 16.6 Å². The maximum absolute atomic E-state index is 12.6. The summed E-state index contributed by atoms with van der Waals surface area (Å²) in [4.78, 5) is 25.9. The number of fused-ring (bicyclic) bond motifs is 1. The van der Waals surface area contributed by atoms with Crippen molar-refractivity contribution in [3.05, 3.63) is 23.0 Å². The number of carbonyl (C=O) groups excluding carboxylic acids is 1. The molecule has 2 atom stereocenters. The van der Waals surface area contributed by atoms with Crippen molar-refractivity contribution < 1.29 is 19.4 Å². The second-order valence-electron chi connectivity index (χ2n) is 5.82. The number of halogens is 1. The van der Waals surface area contributed by atoms with Crippen molar-refractivity contribution in [1.82, 2.24) is 9.47 Å². The molecule has 2 fully saturated rings. The van der Waals surface area contributed by atoms with Crippen LogP contribution in [0.3, 0.4) is 0 Å². The lowest BCUT2D eigenvalue weighted by Crippen LogP contribution is -2.45. The van der Waals surface area contributed by atoms with E-state index in [4.69, 9.17) is 16.3 Å². The largest absolute Gasteiger partial charge is 0.481 e. The lowest BCUT2D eigenvalue weighted by atomic mass is 9.74. The number of likely N-dealkylation sites (tertiary alicyclic amines) is 1. The summed E-state index contributed by atoms with van der Waals surface area (Å²) in [5.74, 6) is -1.17. The number of aliphatic carboxylic acids is 1. The predicted octanol–water partition coefficient (Wildman–Crippen LogP) is 1.24.